The molecule has 0 fully saturated rings. The first-order valence-corrected chi connectivity index (χ1v) is 6.72. The SMILES string of the molecule is COC(=O)c1ccc(CNCc2cc(C)cc(F)c2)cc1. The number of methoxy groups -OCH3 is 1. The minimum absolute atomic E-state index is 0.214. The smallest absolute Gasteiger partial charge is 0.337 e. The van der Waals surface area contributed by atoms with Crippen LogP contribution in [0.3, 0.4) is 0 Å². The highest BCUT2D eigenvalue weighted by molar-refractivity contribution is 5.89. The van der Waals surface area contributed by atoms with Crippen molar-refractivity contribution in [3.63, 3.8) is 0 Å². The van der Waals surface area contributed by atoms with Crippen molar-refractivity contribution >= 4 is 5.97 Å². The molecule has 0 amide bonds. The molecule has 4 heteroatoms. The van der Waals surface area contributed by atoms with Crippen LogP contribution >= 0.6 is 0 Å². The highest BCUT2D eigenvalue weighted by Crippen LogP contribution is 2.09. The van der Waals surface area contributed by atoms with Crippen LogP contribution in [0, 0.1) is 12.7 Å². The first-order chi connectivity index (χ1) is 10.1. The number of aryl methyl sites for hydroxylation is 1. The number of hydrogen-bond acceptors (Lipinski definition) is 3. The van der Waals surface area contributed by atoms with Crippen molar-refractivity contribution < 1.29 is 13.9 Å². The van der Waals surface area contributed by atoms with Crippen LogP contribution in [0.15, 0.2) is 42.5 Å². The maximum absolute atomic E-state index is 13.3. The first kappa shape index (κ1) is 15.2. The van der Waals surface area contributed by atoms with Gasteiger partial charge in [-0.2, -0.15) is 0 Å². The summed E-state index contributed by atoms with van der Waals surface area (Å²) in [6, 6.07) is 12.2. The van der Waals surface area contributed by atoms with Crippen LogP contribution in [0.2, 0.25) is 0 Å². The van der Waals surface area contributed by atoms with Crippen molar-refractivity contribution in [2.45, 2.75) is 20.0 Å². The van der Waals surface area contributed by atoms with Crippen LogP contribution in [0.25, 0.3) is 0 Å². The molecule has 3 nitrogen and oxygen atoms in total. The number of hydrogen-bond donors (Lipinski definition) is 1. The third kappa shape index (κ3) is 4.39. The topological polar surface area (TPSA) is 38.3 Å². The average molecular weight is 287 g/mol. The maximum atomic E-state index is 13.3. The summed E-state index contributed by atoms with van der Waals surface area (Å²) in [6.07, 6.45) is 0. The molecule has 2 aromatic carbocycles. The van der Waals surface area contributed by atoms with Crippen molar-refractivity contribution in [1.82, 2.24) is 5.32 Å². The number of rotatable bonds is 5. The predicted octanol–water partition coefficient (Wildman–Crippen LogP) is 3.21. The normalized spacial score (nSPS) is 10.4. The summed E-state index contributed by atoms with van der Waals surface area (Å²) in [4.78, 5) is 11.3. The Balaban J connectivity index is 1.90. The Hall–Kier alpha value is -2.20. The van der Waals surface area contributed by atoms with Gasteiger partial charge in [0.1, 0.15) is 5.82 Å². The van der Waals surface area contributed by atoms with Gasteiger partial charge < -0.3 is 10.1 Å². The molecule has 0 saturated heterocycles. The van der Waals surface area contributed by atoms with E-state index in [-0.39, 0.29) is 11.8 Å². The summed E-state index contributed by atoms with van der Waals surface area (Å²) in [7, 11) is 1.36. The molecule has 0 spiro atoms. The molecule has 0 saturated carbocycles. The molecular formula is C17H18FNO2. The molecule has 0 heterocycles. The Kier molecular flexibility index (Phi) is 5.06. The fourth-order valence-electron chi connectivity index (χ4n) is 2.14. The van der Waals surface area contributed by atoms with E-state index in [4.69, 9.17) is 0 Å². The maximum Gasteiger partial charge on any atom is 0.337 e. The van der Waals surface area contributed by atoms with E-state index in [1.807, 2.05) is 25.1 Å². The second-order valence-corrected chi connectivity index (χ2v) is 4.93. The summed E-state index contributed by atoms with van der Waals surface area (Å²) >= 11 is 0. The zero-order valence-corrected chi connectivity index (χ0v) is 12.2. The van der Waals surface area contributed by atoms with Crippen molar-refractivity contribution in [1.29, 1.82) is 0 Å². The monoisotopic (exact) mass is 287 g/mol. The minimum atomic E-state index is -0.343. The van der Waals surface area contributed by atoms with Crippen molar-refractivity contribution in [2.75, 3.05) is 7.11 Å². The van der Waals surface area contributed by atoms with Crippen LogP contribution in [-0.4, -0.2) is 13.1 Å². The van der Waals surface area contributed by atoms with E-state index in [9.17, 15) is 9.18 Å². The average Bonchev–Trinajstić information content (AvgIpc) is 2.46. The number of halogens is 1. The molecule has 1 N–H and O–H groups in total. The lowest BCUT2D eigenvalue weighted by Crippen LogP contribution is -2.13. The highest BCUT2D eigenvalue weighted by Gasteiger charge is 2.04. The summed E-state index contributed by atoms with van der Waals surface area (Å²) in [5.74, 6) is -0.557. The van der Waals surface area contributed by atoms with Crippen LogP contribution in [0.4, 0.5) is 4.39 Å². The van der Waals surface area contributed by atoms with E-state index in [0.29, 0.717) is 18.7 Å². The molecule has 21 heavy (non-hydrogen) atoms. The molecule has 110 valence electrons. The molecular weight excluding hydrogens is 269 g/mol. The second-order valence-electron chi connectivity index (χ2n) is 4.93. The lowest BCUT2D eigenvalue weighted by atomic mass is 10.1. The molecule has 0 aliphatic heterocycles. The summed E-state index contributed by atoms with van der Waals surface area (Å²) in [6.45, 7) is 3.12. The Labute approximate surface area is 123 Å². The van der Waals surface area contributed by atoms with Gasteiger partial charge in [0.2, 0.25) is 0 Å². The van der Waals surface area contributed by atoms with Crippen molar-refractivity contribution in [3.8, 4) is 0 Å². The van der Waals surface area contributed by atoms with E-state index in [1.54, 1.807) is 12.1 Å². The Morgan fingerprint density at radius 1 is 1.10 bits per heavy atom. The lowest BCUT2D eigenvalue weighted by Gasteiger charge is -2.07. The van der Waals surface area contributed by atoms with E-state index >= 15 is 0 Å². The van der Waals surface area contributed by atoms with Gasteiger partial charge in [-0.3, -0.25) is 0 Å². The number of carbonyl (C=O) groups is 1. The van der Waals surface area contributed by atoms with Gasteiger partial charge in [0, 0.05) is 13.1 Å². The van der Waals surface area contributed by atoms with E-state index in [1.165, 1.54) is 19.2 Å². The Morgan fingerprint density at radius 3 is 2.38 bits per heavy atom. The van der Waals surface area contributed by atoms with Crippen LogP contribution < -0.4 is 5.32 Å². The van der Waals surface area contributed by atoms with Gasteiger partial charge in [-0.25, -0.2) is 9.18 Å². The first-order valence-electron chi connectivity index (χ1n) is 6.72. The van der Waals surface area contributed by atoms with Gasteiger partial charge in [0.25, 0.3) is 0 Å². The molecule has 0 radical (unpaired) electrons. The third-order valence-electron chi connectivity index (χ3n) is 3.14. The lowest BCUT2D eigenvalue weighted by molar-refractivity contribution is 0.0600. The molecule has 0 atom stereocenters. The van der Waals surface area contributed by atoms with E-state index in [2.05, 4.69) is 10.1 Å². The summed E-state index contributed by atoms with van der Waals surface area (Å²) in [5.41, 5.74) is 3.41. The fraction of sp³-hybridized carbons (Fsp3) is 0.235. The van der Waals surface area contributed by atoms with Crippen molar-refractivity contribution in [2.24, 2.45) is 0 Å². The van der Waals surface area contributed by atoms with Crippen LogP contribution in [-0.2, 0) is 17.8 Å². The molecule has 2 aromatic rings. The van der Waals surface area contributed by atoms with Gasteiger partial charge in [-0.1, -0.05) is 18.2 Å². The van der Waals surface area contributed by atoms with E-state index in [0.717, 1.165) is 16.7 Å². The number of esters is 1. The Bertz CT molecular complexity index is 603. The van der Waals surface area contributed by atoms with Gasteiger partial charge in [0.15, 0.2) is 0 Å². The quantitative estimate of drug-likeness (QED) is 0.858. The Morgan fingerprint density at radius 2 is 1.76 bits per heavy atom. The minimum Gasteiger partial charge on any atom is -0.465 e. The van der Waals surface area contributed by atoms with Gasteiger partial charge in [0.05, 0.1) is 12.7 Å². The largest absolute Gasteiger partial charge is 0.465 e. The predicted molar refractivity (Wildman–Crippen MR) is 79.5 cm³/mol. The number of nitrogens with one attached hydrogen (secondary N) is 1. The van der Waals surface area contributed by atoms with Gasteiger partial charge in [-0.15, -0.1) is 0 Å². The zero-order chi connectivity index (χ0) is 15.2. The standard InChI is InChI=1S/C17H18FNO2/c1-12-7-14(9-16(18)8-12)11-19-10-13-3-5-15(6-4-13)17(20)21-2/h3-9,19H,10-11H2,1-2H3. The molecule has 2 rings (SSSR count). The number of ether oxygens (including phenoxy) is 1. The molecule has 0 bridgehead atoms. The van der Waals surface area contributed by atoms with Crippen molar-refractivity contribution in [3.05, 3.63) is 70.5 Å². The van der Waals surface area contributed by atoms with Gasteiger partial charge >= 0.3 is 5.97 Å². The summed E-state index contributed by atoms with van der Waals surface area (Å²) < 4.78 is 17.9. The zero-order valence-electron chi connectivity index (χ0n) is 12.2. The molecule has 0 aliphatic carbocycles. The van der Waals surface area contributed by atoms with Gasteiger partial charge in [-0.05, 0) is 47.9 Å². The molecule has 0 aromatic heterocycles. The van der Waals surface area contributed by atoms with Crippen LogP contribution in [0.5, 0.6) is 0 Å². The third-order valence-corrected chi connectivity index (χ3v) is 3.14. The summed E-state index contributed by atoms with van der Waals surface area (Å²) in [5, 5.41) is 3.25. The van der Waals surface area contributed by atoms with Crippen LogP contribution in [0.1, 0.15) is 27.0 Å². The number of benzene rings is 2. The second kappa shape index (κ2) is 6.99. The fourth-order valence-corrected chi connectivity index (χ4v) is 2.14. The molecule has 0 aliphatic rings. The van der Waals surface area contributed by atoms with E-state index < -0.39 is 0 Å². The number of carbonyl (C=O) groups excluding carboxylic acids is 1. The highest BCUT2D eigenvalue weighted by atomic mass is 19.1. The molecule has 0 unspecified atom stereocenters.